The number of nitrogens with zero attached hydrogens (tertiary/aromatic N) is 5. The number of benzene rings is 9. The molecule has 0 spiro atoms. The van der Waals surface area contributed by atoms with Crippen molar-refractivity contribution < 1.29 is 4.42 Å². The van der Waals surface area contributed by atoms with Gasteiger partial charge in [0.1, 0.15) is 5.58 Å². The van der Waals surface area contributed by atoms with Crippen LogP contribution in [0.3, 0.4) is 0 Å². The van der Waals surface area contributed by atoms with E-state index in [2.05, 4.69) is 184 Å². The van der Waals surface area contributed by atoms with Crippen molar-refractivity contribution in [3.8, 4) is 51.0 Å². The number of hydrogen-bond donors (Lipinski definition) is 0. The SMILES string of the molecule is c1ccc(-c2nnc(-c3ccccc3)n2-c2ccc3c(c2)c2ccccc2n3-c2ccccc2-c2ccccc2-n2c3ccccc3c3ccc4c5ccccc5oc4c32)cc1. The molecular formula is C56H35N5O. The van der Waals surface area contributed by atoms with Gasteiger partial charge in [-0.15, -0.1) is 10.2 Å². The molecule has 6 nitrogen and oxygen atoms in total. The van der Waals surface area contributed by atoms with E-state index in [4.69, 9.17) is 14.6 Å². The van der Waals surface area contributed by atoms with Crippen molar-refractivity contribution in [3.05, 3.63) is 212 Å². The van der Waals surface area contributed by atoms with Gasteiger partial charge in [-0.2, -0.15) is 0 Å². The maximum atomic E-state index is 6.75. The second-order valence-electron chi connectivity index (χ2n) is 15.8. The highest BCUT2D eigenvalue weighted by Crippen LogP contribution is 2.44. The minimum absolute atomic E-state index is 0.791. The van der Waals surface area contributed by atoms with E-state index in [0.29, 0.717) is 0 Å². The maximum absolute atomic E-state index is 6.75. The molecule has 0 atom stereocenters. The van der Waals surface area contributed by atoms with Gasteiger partial charge < -0.3 is 13.6 Å². The molecule has 0 unspecified atom stereocenters. The Morgan fingerprint density at radius 3 is 1.52 bits per heavy atom. The van der Waals surface area contributed by atoms with Crippen molar-refractivity contribution in [1.29, 1.82) is 0 Å². The van der Waals surface area contributed by atoms with Crippen molar-refractivity contribution in [2.75, 3.05) is 0 Å². The average molecular weight is 794 g/mol. The normalized spacial score (nSPS) is 11.9. The van der Waals surface area contributed by atoms with Crippen LogP contribution in [-0.2, 0) is 0 Å². The summed E-state index contributed by atoms with van der Waals surface area (Å²) in [6.07, 6.45) is 0. The molecule has 0 saturated carbocycles. The summed E-state index contributed by atoms with van der Waals surface area (Å²) in [4.78, 5) is 0. The molecule has 0 aliphatic heterocycles. The maximum Gasteiger partial charge on any atom is 0.168 e. The zero-order valence-electron chi connectivity index (χ0n) is 33.4. The Kier molecular flexibility index (Phi) is 7.50. The summed E-state index contributed by atoms with van der Waals surface area (Å²) in [6, 6.07) is 75.1. The third kappa shape index (κ3) is 5.04. The molecule has 4 heterocycles. The largest absolute Gasteiger partial charge is 0.454 e. The van der Waals surface area contributed by atoms with E-state index in [0.717, 1.165) is 111 Å². The minimum atomic E-state index is 0.791. The summed E-state index contributed by atoms with van der Waals surface area (Å²) in [5.41, 5.74) is 13.6. The number of aromatic nitrogens is 5. The highest BCUT2D eigenvalue weighted by molar-refractivity contribution is 6.22. The molecule has 62 heavy (non-hydrogen) atoms. The molecule has 6 heteroatoms. The van der Waals surface area contributed by atoms with E-state index in [-0.39, 0.29) is 0 Å². The first-order chi connectivity index (χ1) is 30.8. The molecule has 0 saturated heterocycles. The lowest BCUT2D eigenvalue weighted by Crippen LogP contribution is -2.02. The van der Waals surface area contributed by atoms with E-state index in [1.54, 1.807) is 0 Å². The fraction of sp³-hybridized carbons (Fsp3) is 0. The summed E-state index contributed by atoms with van der Waals surface area (Å²) in [7, 11) is 0. The van der Waals surface area contributed by atoms with Crippen LogP contribution in [0.4, 0.5) is 0 Å². The molecule has 9 aromatic carbocycles. The minimum Gasteiger partial charge on any atom is -0.454 e. The van der Waals surface area contributed by atoms with E-state index in [1.807, 2.05) is 42.5 Å². The van der Waals surface area contributed by atoms with Crippen LogP contribution in [0.5, 0.6) is 0 Å². The van der Waals surface area contributed by atoms with Crippen LogP contribution in [0.2, 0.25) is 0 Å². The molecule has 0 aliphatic carbocycles. The van der Waals surface area contributed by atoms with Crippen molar-refractivity contribution in [3.63, 3.8) is 0 Å². The Balaban J connectivity index is 1.05. The van der Waals surface area contributed by atoms with E-state index in [1.165, 1.54) is 5.39 Å². The smallest absolute Gasteiger partial charge is 0.168 e. The molecule has 13 aromatic rings. The molecule has 0 amide bonds. The zero-order valence-corrected chi connectivity index (χ0v) is 33.4. The predicted molar refractivity (Wildman–Crippen MR) is 254 cm³/mol. The average Bonchev–Trinajstić information content (AvgIpc) is 4.12. The van der Waals surface area contributed by atoms with Crippen LogP contribution in [0, 0.1) is 0 Å². The zero-order chi connectivity index (χ0) is 40.7. The third-order valence-corrected chi connectivity index (χ3v) is 12.4. The van der Waals surface area contributed by atoms with Gasteiger partial charge in [0.05, 0.1) is 39.1 Å². The standard InChI is InChI=1S/C56H35N5O/c1-3-17-36(18-4-1)55-57-58-56(37-19-5-2-6-20-37)59(55)38-31-34-51-46(35-38)42-24-10-13-27-48(42)60(51)47-26-12-7-21-39(47)40-22-8-14-28-49(40)61-50-29-15-9-23-41(50)44-32-33-45-43-25-11-16-30-52(43)62-54(45)53(44)61/h1-35H. The van der Waals surface area contributed by atoms with Crippen LogP contribution < -0.4 is 0 Å². The highest BCUT2D eigenvalue weighted by Gasteiger charge is 2.24. The van der Waals surface area contributed by atoms with E-state index < -0.39 is 0 Å². The van der Waals surface area contributed by atoms with E-state index >= 15 is 0 Å². The van der Waals surface area contributed by atoms with Crippen LogP contribution in [0.1, 0.15) is 0 Å². The number of fused-ring (bicyclic) bond motifs is 10. The first-order valence-electron chi connectivity index (χ1n) is 20.9. The molecule has 0 bridgehead atoms. The van der Waals surface area contributed by atoms with Gasteiger partial charge in [0.25, 0.3) is 0 Å². The van der Waals surface area contributed by atoms with Gasteiger partial charge in [-0.25, -0.2) is 0 Å². The number of para-hydroxylation sites is 5. The van der Waals surface area contributed by atoms with Crippen LogP contribution in [-0.4, -0.2) is 23.9 Å². The second-order valence-corrected chi connectivity index (χ2v) is 15.8. The summed E-state index contributed by atoms with van der Waals surface area (Å²) in [5, 5.41) is 16.4. The van der Waals surface area contributed by atoms with Crippen LogP contribution in [0.15, 0.2) is 217 Å². The molecular weight excluding hydrogens is 759 g/mol. The first kappa shape index (κ1) is 34.4. The highest BCUT2D eigenvalue weighted by atomic mass is 16.3. The fourth-order valence-corrected chi connectivity index (χ4v) is 9.71. The lowest BCUT2D eigenvalue weighted by atomic mass is 10.0. The first-order valence-corrected chi connectivity index (χ1v) is 20.9. The third-order valence-electron chi connectivity index (χ3n) is 12.4. The summed E-state index contributed by atoms with van der Waals surface area (Å²) >= 11 is 0. The lowest BCUT2D eigenvalue weighted by Gasteiger charge is -2.18. The number of hydrogen-bond acceptors (Lipinski definition) is 3. The molecule has 13 rings (SSSR count). The fourth-order valence-electron chi connectivity index (χ4n) is 9.71. The molecule has 0 fully saturated rings. The molecule has 4 aromatic heterocycles. The van der Waals surface area contributed by atoms with Gasteiger partial charge in [0.15, 0.2) is 17.2 Å². The topological polar surface area (TPSA) is 53.7 Å². The lowest BCUT2D eigenvalue weighted by molar-refractivity contribution is 0.671. The summed E-state index contributed by atoms with van der Waals surface area (Å²) in [6.45, 7) is 0. The molecule has 0 N–H and O–H groups in total. The van der Waals surface area contributed by atoms with Gasteiger partial charge in [0, 0.05) is 54.6 Å². The second kappa shape index (κ2) is 13.5. The quantitative estimate of drug-likeness (QED) is 0.168. The van der Waals surface area contributed by atoms with Crippen LogP contribution in [0.25, 0.3) is 117 Å². The van der Waals surface area contributed by atoms with Crippen molar-refractivity contribution in [1.82, 2.24) is 23.9 Å². The number of furan rings is 1. The Morgan fingerprint density at radius 1 is 0.339 bits per heavy atom. The van der Waals surface area contributed by atoms with Gasteiger partial charge in [-0.1, -0.05) is 158 Å². The Labute approximate surface area is 355 Å². The Hall–Kier alpha value is -8.48. The van der Waals surface area contributed by atoms with Gasteiger partial charge in [0.2, 0.25) is 0 Å². The molecule has 290 valence electrons. The van der Waals surface area contributed by atoms with Gasteiger partial charge >= 0.3 is 0 Å². The van der Waals surface area contributed by atoms with Crippen molar-refractivity contribution >= 4 is 65.6 Å². The van der Waals surface area contributed by atoms with Crippen LogP contribution >= 0.6 is 0 Å². The monoisotopic (exact) mass is 793 g/mol. The predicted octanol–water partition coefficient (Wildman–Crippen LogP) is 14.4. The van der Waals surface area contributed by atoms with E-state index in [9.17, 15) is 0 Å². The molecule has 0 radical (unpaired) electrons. The molecule has 0 aliphatic rings. The van der Waals surface area contributed by atoms with Gasteiger partial charge in [-0.05, 0) is 54.6 Å². The van der Waals surface area contributed by atoms with Gasteiger partial charge in [-0.3, -0.25) is 4.57 Å². The number of rotatable bonds is 6. The summed E-state index contributed by atoms with van der Waals surface area (Å²) in [5.74, 6) is 1.58. The van der Waals surface area contributed by atoms with Crippen molar-refractivity contribution in [2.24, 2.45) is 0 Å². The van der Waals surface area contributed by atoms with Crippen molar-refractivity contribution in [2.45, 2.75) is 0 Å². The summed E-state index contributed by atoms with van der Waals surface area (Å²) < 4.78 is 13.8. The Morgan fingerprint density at radius 2 is 0.839 bits per heavy atom. The Bertz CT molecular complexity index is 3810.